The van der Waals surface area contributed by atoms with E-state index in [-0.39, 0.29) is 11.9 Å². The van der Waals surface area contributed by atoms with Gasteiger partial charge < -0.3 is 5.32 Å². The van der Waals surface area contributed by atoms with Crippen molar-refractivity contribution < 1.29 is 4.39 Å². The summed E-state index contributed by atoms with van der Waals surface area (Å²) in [4.78, 5) is 0. The normalized spacial score (nSPS) is 14.1. The number of benzene rings is 1. The predicted molar refractivity (Wildman–Crippen MR) is 83.9 cm³/mol. The third-order valence-electron chi connectivity index (χ3n) is 4.08. The highest BCUT2D eigenvalue weighted by Crippen LogP contribution is 2.22. The smallest absolute Gasteiger partial charge is 0.123 e. The number of nitrogens with zero attached hydrogens (tertiary/aromatic N) is 2. The highest BCUT2D eigenvalue weighted by atomic mass is 19.1. The summed E-state index contributed by atoms with van der Waals surface area (Å²) in [5, 5.41) is 7.90. The van der Waals surface area contributed by atoms with Crippen LogP contribution in [0.3, 0.4) is 0 Å². The molecule has 0 bridgehead atoms. The van der Waals surface area contributed by atoms with Crippen molar-refractivity contribution >= 4 is 0 Å². The molecule has 114 valence electrons. The number of aryl methyl sites for hydroxylation is 1. The average molecular weight is 289 g/mol. The van der Waals surface area contributed by atoms with E-state index in [1.807, 2.05) is 37.0 Å². The van der Waals surface area contributed by atoms with Gasteiger partial charge in [0.15, 0.2) is 0 Å². The number of hydrogen-bond acceptors (Lipinski definition) is 2. The minimum atomic E-state index is -0.194. The lowest BCUT2D eigenvalue weighted by molar-refractivity contribution is 0.469. The number of rotatable bonds is 6. The second-order valence-electron chi connectivity index (χ2n) is 5.59. The van der Waals surface area contributed by atoms with Crippen LogP contribution in [0.1, 0.15) is 49.2 Å². The Balaban J connectivity index is 2.19. The summed E-state index contributed by atoms with van der Waals surface area (Å²) >= 11 is 0. The monoisotopic (exact) mass is 289 g/mol. The summed E-state index contributed by atoms with van der Waals surface area (Å²) in [6, 6.07) is 7.46. The van der Waals surface area contributed by atoms with Crippen LogP contribution in [-0.2, 0) is 6.42 Å². The van der Waals surface area contributed by atoms with E-state index in [0.29, 0.717) is 6.04 Å². The third-order valence-corrected chi connectivity index (χ3v) is 4.08. The fourth-order valence-corrected chi connectivity index (χ4v) is 2.48. The molecule has 0 saturated carbocycles. The molecule has 2 aromatic rings. The summed E-state index contributed by atoms with van der Waals surface area (Å²) in [6.45, 7) is 6.32. The van der Waals surface area contributed by atoms with Crippen LogP contribution >= 0.6 is 0 Å². The SMILES string of the molecule is CCC(C)n1ccc(CC(NC)c2cc(F)ccc2C)n1. The van der Waals surface area contributed by atoms with Crippen LogP contribution in [0, 0.1) is 12.7 Å². The van der Waals surface area contributed by atoms with E-state index in [1.165, 1.54) is 6.07 Å². The fraction of sp³-hybridized carbons (Fsp3) is 0.471. The lowest BCUT2D eigenvalue weighted by Gasteiger charge is -2.18. The Morgan fingerprint density at radius 2 is 2.10 bits per heavy atom. The minimum absolute atomic E-state index is 0.0704. The van der Waals surface area contributed by atoms with Crippen molar-refractivity contribution in [1.82, 2.24) is 15.1 Å². The van der Waals surface area contributed by atoms with Crippen LogP contribution in [0.4, 0.5) is 4.39 Å². The van der Waals surface area contributed by atoms with Gasteiger partial charge in [0.25, 0.3) is 0 Å². The Morgan fingerprint density at radius 1 is 1.33 bits per heavy atom. The summed E-state index contributed by atoms with van der Waals surface area (Å²) in [6.07, 6.45) is 3.83. The van der Waals surface area contributed by atoms with Gasteiger partial charge in [-0.05, 0) is 56.6 Å². The Hall–Kier alpha value is -1.68. The molecule has 1 aromatic heterocycles. The topological polar surface area (TPSA) is 29.9 Å². The standard InChI is InChI=1S/C17H24FN3/c1-5-13(3)21-9-8-15(20-21)11-17(19-4)16-10-14(18)7-6-12(16)2/h6-10,13,17,19H,5,11H2,1-4H3. The first kappa shape index (κ1) is 15.7. The van der Waals surface area contributed by atoms with Gasteiger partial charge in [0.05, 0.1) is 5.69 Å². The molecule has 0 fully saturated rings. The zero-order valence-corrected chi connectivity index (χ0v) is 13.2. The fourth-order valence-electron chi connectivity index (χ4n) is 2.48. The first-order valence-electron chi connectivity index (χ1n) is 7.52. The Morgan fingerprint density at radius 3 is 2.76 bits per heavy atom. The summed E-state index contributed by atoms with van der Waals surface area (Å²) in [5.74, 6) is -0.194. The lowest BCUT2D eigenvalue weighted by atomic mass is 9.97. The molecule has 0 radical (unpaired) electrons. The van der Waals surface area contributed by atoms with Gasteiger partial charge >= 0.3 is 0 Å². The van der Waals surface area contributed by atoms with Gasteiger partial charge in [0.1, 0.15) is 5.82 Å². The zero-order chi connectivity index (χ0) is 15.4. The minimum Gasteiger partial charge on any atom is -0.313 e. The molecule has 2 rings (SSSR count). The van der Waals surface area contributed by atoms with Crippen molar-refractivity contribution in [3.63, 3.8) is 0 Å². The number of likely N-dealkylation sites (N-methyl/N-ethyl adjacent to an activating group) is 1. The third kappa shape index (κ3) is 3.70. The maximum Gasteiger partial charge on any atom is 0.123 e. The molecule has 1 N–H and O–H groups in total. The molecular weight excluding hydrogens is 265 g/mol. The average Bonchev–Trinajstić information content (AvgIpc) is 2.95. The highest BCUT2D eigenvalue weighted by Gasteiger charge is 2.15. The molecule has 1 heterocycles. The van der Waals surface area contributed by atoms with Crippen LogP contribution < -0.4 is 5.32 Å². The van der Waals surface area contributed by atoms with Gasteiger partial charge in [0.2, 0.25) is 0 Å². The van der Waals surface area contributed by atoms with Crippen LogP contribution in [0.25, 0.3) is 0 Å². The van der Waals surface area contributed by atoms with Crippen molar-refractivity contribution in [2.24, 2.45) is 0 Å². The van der Waals surface area contributed by atoms with Crippen LogP contribution in [-0.4, -0.2) is 16.8 Å². The van der Waals surface area contributed by atoms with Gasteiger partial charge in [-0.3, -0.25) is 4.68 Å². The molecule has 3 nitrogen and oxygen atoms in total. The van der Waals surface area contributed by atoms with Crippen LogP contribution in [0.5, 0.6) is 0 Å². The molecule has 0 spiro atoms. The maximum atomic E-state index is 13.5. The highest BCUT2D eigenvalue weighted by molar-refractivity contribution is 5.30. The van der Waals surface area contributed by atoms with Crippen molar-refractivity contribution in [3.8, 4) is 0 Å². The van der Waals surface area contributed by atoms with E-state index in [1.54, 1.807) is 6.07 Å². The van der Waals surface area contributed by atoms with Crippen LogP contribution in [0.2, 0.25) is 0 Å². The van der Waals surface area contributed by atoms with E-state index < -0.39 is 0 Å². The summed E-state index contributed by atoms with van der Waals surface area (Å²) in [5.41, 5.74) is 3.12. The largest absolute Gasteiger partial charge is 0.313 e. The molecule has 0 aliphatic heterocycles. The van der Waals surface area contributed by atoms with Gasteiger partial charge in [-0.15, -0.1) is 0 Å². The van der Waals surface area contributed by atoms with E-state index in [9.17, 15) is 4.39 Å². The lowest BCUT2D eigenvalue weighted by Crippen LogP contribution is -2.20. The Kier molecular flexibility index (Phi) is 5.12. The number of aromatic nitrogens is 2. The van der Waals surface area contributed by atoms with Gasteiger partial charge in [-0.2, -0.15) is 5.10 Å². The number of nitrogens with one attached hydrogen (secondary N) is 1. The van der Waals surface area contributed by atoms with E-state index >= 15 is 0 Å². The second kappa shape index (κ2) is 6.85. The molecule has 4 heteroatoms. The molecular formula is C17H24FN3. The van der Waals surface area contributed by atoms with Gasteiger partial charge in [-0.25, -0.2) is 4.39 Å². The quantitative estimate of drug-likeness (QED) is 0.876. The molecule has 0 aliphatic rings. The number of halogens is 1. The predicted octanol–water partition coefficient (Wildman–Crippen LogP) is 3.80. The van der Waals surface area contributed by atoms with E-state index in [4.69, 9.17) is 0 Å². The first-order valence-corrected chi connectivity index (χ1v) is 7.52. The van der Waals surface area contributed by atoms with E-state index in [2.05, 4.69) is 24.3 Å². The molecule has 0 aliphatic carbocycles. The molecule has 2 atom stereocenters. The van der Waals surface area contributed by atoms with E-state index in [0.717, 1.165) is 29.7 Å². The summed E-state index contributed by atoms with van der Waals surface area (Å²) < 4.78 is 15.5. The molecule has 0 amide bonds. The molecule has 2 unspecified atom stereocenters. The first-order chi connectivity index (χ1) is 10.0. The van der Waals surface area contributed by atoms with Crippen molar-refractivity contribution in [2.75, 3.05) is 7.05 Å². The maximum absolute atomic E-state index is 13.5. The second-order valence-corrected chi connectivity index (χ2v) is 5.59. The van der Waals surface area contributed by atoms with Gasteiger partial charge in [-0.1, -0.05) is 13.0 Å². The molecule has 0 saturated heterocycles. The molecule has 1 aromatic carbocycles. The van der Waals surface area contributed by atoms with Crippen LogP contribution in [0.15, 0.2) is 30.5 Å². The number of hydrogen-bond donors (Lipinski definition) is 1. The Bertz CT molecular complexity index is 591. The van der Waals surface area contributed by atoms with Crippen molar-refractivity contribution in [1.29, 1.82) is 0 Å². The zero-order valence-electron chi connectivity index (χ0n) is 13.2. The van der Waals surface area contributed by atoms with Gasteiger partial charge in [0, 0.05) is 24.7 Å². The molecule has 21 heavy (non-hydrogen) atoms. The van der Waals surface area contributed by atoms with Crippen molar-refractivity contribution in [2.45, 2.75) is 45.7 Å². The Labute approximate surface area is 126 Å². The van der Waals surface area contributed by atoms with Crippen molar-refractivity contribution in [3.05, 3.63) is 53.1 Å². The summed E-state index contributed by atoms with van der Waals surface area (Å²) in [7, 11) is 1.90.